The molecule has 1 saturated heterocycles. The monoisotopic (exact) mass is 386 g/mol. The minimum atomic E-state index is -3.53. The highest BCUT2D eigenvalue weighted by Gasteiger charge is 2.16. The first-order chi connectivity index (χ1) is 13.1. The van der Waals surface area contributed by atoms with E-state index in [1.54, 1.807) is 34.8 Å². The van der Waals surface area contributed by atoms with E-state index in [0.717, 1.165) is 18.9 Å². The predicted octanol–water partition coefficient (Wildman–Crippen LogP) is 1.64. The summed E-state index contributed by atoms with van der Waals surface area (Å²) in [5, 5.41) is 13.0. The van der Waals surface area contributed by atoms with Crippen molar-refractivity contribution in [3.8, 4) is 0 Å². The Bertz CT molecular complexity index is 1010. The van der Waals surface area contributed by atoms with E-state index in [-0.39, 0.29) is 11.4 Å². The summed E-state index contributed by atoms with van der Waals surface area (Å²) in [6.45, 7) is 2.24. The quantitative estimate of drug-likeness (QED) is 0.692. The Morgan fingerprint density at radius 1 is 0.963 bits per heavy atom. The number of piperidine rings is 1. The molecule has 1 aliphatic rings. The van der Waals surface area contributed by atoms with E-state index in [1.165, 1.54) is 19.3 Å². The molecule has 27 heavy (non-hydrogen) atoms. The van der Waals surface area contributed by atoms with Crippen molar-refractivity contribution < 1.29 is 8.42 Å². The van der Waals surface area contributed by atoms with Gasteiger partial charge in [0.2, 0.25) is 10.0 Å². The number of hydrogen-bond donors (Lipinski definition) is 1. The van der Waals surface area contributed by atoms with Crippen molar-refractivity contribution in [3.63, 3.8) is 0 Å². The molecular weight excluding hydrogens is 364 g/mol. The van der Waals surface area contributed by atoms with Gasteiger partial charge in [-0.05, 0) is 43.5 Å². The molecular formula is C18H22N6O2S. The van der Waals surface area contributed by atoms with Gasteiger partial charge >= 0.3 is 0 Å². The van der Waals surface area contributed by atoms with Crippen LogP contribution >= 0.6 is 0 Å². The third kappa shape index (κ3) is 3.93. The Hall–Kier alpha value is -2.52. The highest BCUT2D eigenvalue weighted by atomic mass is 32.2. The van der Waals surface area contributed by atoms with E-state index >= 15 is 0 Å². The van der Waals surface area contributed by atoms with Crippen LogP contribution in [0.1, 0.15) is 25.1 Å². The molecule has 1 aromatic carbocycles. The molecule has 0 unspecified atom stereocenters. The molecule has 8 nitrogen and oxygen atoms in total. The minimum absolute atomic E-state index is 0.230. The van der Waals surface area contributed by atoms with Gasteiger partial charge in [-0.1, -0.05) is 18.2 Å². The first-order valence-corrected chi connectivity index (χ1v) is 10.6. The third-order valence-electron chi connectivity index (χ3n) is 4.69. The lowest BCUT2D eigenvalue weighted by Gasteiger charge is -2.27. The van der Waals surface area contributed by atoms with Gasteiger partial charge in [0.25, 0.3) is 0 Å². The summed E-state index contributed by atoms with van der Waals surface area (Å²) in [5.41, 5.74) is 0.664. The maximum Gasteiger partial charge on any atom is 0.240 e. The average Bonchev–Trinajstić information content (AvgIpc) is 3.11. The van der Waals surface area contributed by atoms with Gasteiger partial charge in [0.15, 0.2) is 11.5 Å². The van der Waals surface area contributed by atoms with Gasteiger partial charge in [0.1, 0.15) is 5.82 Å². The highest BCUT2D eigenvalue weighted by Crippen LogP contribution is 2.18. The SMILES string of the molecule is O=S(=O)(NCCc1nnc2ccc(N3CCCCC3)nn12)c1ccccc1. The standard InChI is InChI=1S/C18H22N6O2S/c25-27(26,15-7-3-1-4-8-15)19-12-11-17-21-20-16-9-10-18(22-24(16)17)23-13-5-2-6-14-23/h1,3-4,7-10,19H,2,5-6,11-14H2. The van der Waals surface area contributed by atoms with Crippen molar-refractivity contribution in [1.29, 1.82) is 0 Å². The summed E-state index contributed by atoms with van der Waals surface area (Å²) in [4.78, 5) is 2.52. The van der Waals surface area contributed by atoms with Crippen LogP contribution in [0.25, 0.3) is 5.65 Å². The van der Waals surface area contributed by atoms with Crippen molar-refractivity contribution in [2.75, 3.05) is 24.5 Å². The normalized spacial score (nSPS) is 15.3. The maximum atomic E-state index is 12.3. The molecule has 0 aliphatic carbocycles. The number of nitrogens with one attached hydrogen (secondary N) is 1. The van der Waals surface area contributed by atoms with Crippen LogP contribution in [0, 0.1) is 0 Å². The zero-order valence-corrected chi connectivity index (χ0v) is 15.8. The van der Waals surface area contributed by atoms with Crippen LogP contribution in [0.5, 0.6) is 0 Å². The number of rotatable bonds is 6. The Morgan fingerprint density at radius 2 is 1.74 bits per heavy atom. The molecule has 0 atom stereocenters. The van der Waals surface area contributed by atoms with Gasteiger partial charge in [-0.3, -0.25) is 0 Å². The number of hydrogen-bond acceptors (Lipinski definition) is 6. The lowest BCUT2D eigenvalue weighted by atomic mass is 10.1. The number of sulfonamides is 1. The Morgan fingerprint density at radius 3 is 2.52 bits per heavy atom. The molecule has 9 heteroatoms. The molecule has 0 radical (unpaired) electrons. The van der Waals surface area contributed by atoms with Crippen molar-refractivity contribution in [2.24, 2.45) is 0 Å². The topological polar surface area (TPSA) is 92.5 Å². The fraction of sp³-hybridized carbons (Fsp3) is 0.389. The van der Waals surface area contributed by atoms with Gasteiger partial charge in [0, 0.05) is 26.1 Å². The van der Waals surface area contributed by atoms with E-state index < -0.39 is 10.0 Å². The molecule has 3 heterocycles. The Labute approximate surface area is 158 Å². The van der Waals surface area contributed by atoms with Crippen LogP contribution in [0.15, 0.2) is 47.4 Å². The molecule has 0 amide bonds. The smallest absolute Gasteiger partial charge is 0.240 e. The van der Waals surface area contributed by atoms with Crippen LogP contribution in [0.2, 0.25) is 0 Å². The summed E-state index contributed by atoms with van der Waals surface area (Å²) in [6, 6.07) is 12.2. The summed E-state index contributed by atoms with van der Waals surface area (Å²) < 4.78 is 28.9. The number of fused-ring (bicyclic) bond motifs is 1. The van der Waals surface area contributed by atoms with Crippen LogP contribution in [-0.2, 0) is 16.4 Å². The second-order valence-corrected chi connectivity index (χ2v) is 8.35. The van der Waals surface area contributed by atoms with Crippen LogP contribution in [0.3, 0.4) is 0 Å². The van der Waals surface area contributed by atoms with Crippen molar-refractivity contribution in [2.45, 2.75) is 30.6 Å². The first-order valence-electron chi connectivity index (χ1n) is 9.14. The number of anilines is 1. The number of benzene rings is 1. The van der Waals surface area contributed by atoms with Crippen LogP contribution < -0.4 is 9.62 Å². The summed E-state index contributed by atoms with van der Waals surface area (Å²) in [5.74, 6) is 1.55. The van der Waals surface area contributed by atoms with E-state index in [2.05, 4.69) is 24.9 Å². The lowest BCUT2D eigenvalue weighted by molar-refractivity contribution is 0.568. The fourth-order valence-corrected chi connectivity index (χ4v) is 4.30. The molecule has 0 bridgehead atoms. The van der Waals surface area contributed by atoms with Crippen molar-refractivity contribution in [1.82, 2.24) is 24.5 Å². The van der Waals surface area contributed by atoms with E-state index in [9.17, 15) is 8.42 Å². The lowest BCUT2D eigenvalue weighted by Crippen LogP contribution is -2.30. The van der Waals surface area contributed by atoms with E-state index in [4.69, 9.17) is 0 Å². The Balaban J connectivity index is 1.47. The molecule has 0 saturated carbocycles. The largest absolute Gasteiger partial charge is 0.355 e. The summed E-state index contributed by atoms with van der Waals surface area (Å²) in [7, 11) is -3.53. The first kappa shape index (κ1) is 17.9. The van der Waals surface area contributed by atoms with Crippen LogP contribution in [0.4, 0.5) is 5.82 Å². The molecule has 0 spiro atoms. The second-order valence-electron chi connectivity index (χ2n) is 6.59. The predicted molar refractivity (Wildman–Crippen MR) is 102 cm³/mol. The van der Waals surface area contributed by atoms with Crippen molar-refractivity contribution in [3.05, 3.63) is 48.3 Å². The zero-order valence-electron chi connectivity index (χ0n) is 15.0. The minimum Gasteiger partial charge on any atom is -0.355 e. The van der Waals surface area contributed by atoms with Crippen molar-refractivity contribution >= 4 is 21.5 Å². The van der Waals surface area contributed by atoms with Crippen LogP contribution in [-0.4, -0.2) is 47.9 Å². The van der Waals surface area contributed by atoms with E-state index in [1.807, 2.05) is 12.1 Å². The summed E-state index contributed by atoms with van der Waals surface area (Å²) >= 11 is 0. The van der Waals surface area contributed by atoms with Gasteiger partial charge < -0.3 is 4.90 Å². The zero-order chi connectivity index (χ0) is 18.7. The molecule has 4 rings (SSSR count). The van der Waals surface area contributed by atoms with Gasteiger partial charge in [0.05, 0.1) is 4.90 Å². The van der Waals surface area contributed by atoms with Gasteiger partial charge in [-0.2, -0.15) is 4.52 Å². The fourth-order valence-electron chi connectivity index (χ4n) is 3.25. The number of nitrogens with zero attached hydrogens (tertiary/aromatic N) is 5. The molecule has 142 valence electrons. The molecule has 1 aliphatic heterocycles. The second kappa shape index (κ2) is 7.61. The molecule has 1 N–H and O–H groups in total. The third-order valence-corrected chi connectivity index (χ3v) is 6.16. The number of aromatic nitrogens is 4. The molecule has 3 aromatic rings. The average molecular weight is 386 g/mol. The summed E-state index contributed by atoms with van der Waals surface area (Å²) in [6.07, 6.45) is 4.02. The molecule has 1 fully saturated rings. The Kier molecular flexibility index (Phi) is 5.04. The van der Waals surface area contributed by atoms with Gasteiger partial charge in [-0.25, -0.2) is 13.1 Å². The van der Waals surface area contributed by atoms with Gasteiger partial charge in [-0.15, -0.1) is 15.3 Å². The van der Waals surface area contributed by atoms with E-state index in [0.29, 0.717) is 17.9 Å². The highest BCUT2D eigenvalue weighted by molar-refractivity contribution is 7.89. The maximum absolute atomic E-state index is 12.3. The molecule has 2 aromatic heterocycles.